The number of carbonyl (C=O) groups excluding carboxylic acids is 1. The van der Waals surface area contributed by atoms with E-state index >= 15 is 0 Å². The number of para-hydroxylation sites is 1. The van der Waals surface area contributed by atoms with Crippen molar-refractivity contribution in [3.63, 3.8) is 0 Å². The number of hydrogen-bond acceptors (Lipinski definition) is 3. The van der Waals surface area contributed by atoms with Gasteiger partial charge in [0.1, 0.15) is 12.3 Å². The molecule has 0 bridgehead atoms. The van der Waals surface area contributed by atoms with Gasteiger partial charge in [-0.2, -0.15) is 5.26 Å². The van der Waals surface area contributed by atoms with Crippen LogP contribution in [0.3, 0.4) is 0 Å². The molecule has 0 saturated carbocycles. The van der Waals surface area contributed by atoms with Gasteiger partial charge >= 0.3 is 5.97 Å². The lowest BCUT2D eigenvalue weighted by molar-refractivity contribution is -0.135. The molecule has 2 aromatic carbocycles. The summed E-state index contributed by atoms with van der Waals surface area (Å²) in [7, 11) is 0. The first-order chi connectivity index (χ1) is 10.7. The Morgan fingerprint density at radius 1 is 1.18 bits per heavy atom. The van der Waals surface area contributed by atoms with Gasteiger partial charge in [0.25, 0.3) is 0 Å². The summed E-state index contributed by atoms with van der Waals surface area (Å²) in [5.41, 5.74) is 2.56. The van der Waals surface area contributed by atoms with Gasteiger partial charge in [-0.25, -0.2) is 4.79 Å². The molecule has 0 aliphatic rings. The average Bonchev–Trinajstić information content (AvgIpc) is 2.84. The predicted octanol–water partition coefficient (Wildman–Crippen LogP) is 3.43. The van der Waals surface area contributed by atoms with E-state index in [-0.39, 0.29) is 12.5 Å². The monoisotopic (exact) mass is 290 g/mol. The minimum absolute atomic E-state index is 0.152. The fraction of sp³-hybridized carbons (Fsp3) is 0.111. The summed E-state index contributed by atoms with van der Waals surface area (Å²) >= 11 is 0. The van der Waals surface area contributed by atoms with Crippen LogP contribution in [0.25, 0.3) is 10.9 Å². The van der Waals surface area contributed by atoms with Gasteiger partial charge in [0.15, 0.2) is 0 Å². The van der Waals surface area contributed by atoms with Crippen LogP contribution in [-0.4, -0.2) is 10.5 Å². The van der Waals surface area contributed by atoms with Crippen LogP contribution in [0.1, 0.15) is 11.3 Å². The molecule has 1 aromatic heterocycles. The summed E-state index contributed by atoms with van der Waals surface area (Å²) < 4.78 is 7.25. The van der Waals surface area contributed by atoms with Gasteiger partial charge in [-0.3, -0.25) is 0 Å². The molecule has 3 aromatic rings. The second-order valence-electron chi connectivity index (χ2n) is 5.04. The molecule has 0 unspecified atom stereocenters. The molecule has 0 amide bonds. The van der Waals surface area contributed by atoms with E-state index in [0.717, 1.165) is 16.6 Å². The van der Waals surface area contributed by atoms with Crippen molar-refractivity contribution in [3.8, 4) is 11.8 Å². The minimum Gasteiger partial charge on any atom is -0.425 e. The van der Waals surface area contributed by atoms with Crippen LogP contribution in [-0.2, 0) is 11.3 Å². The van der Waals surface area contributed by atoms with Gasteiger partial charge in [-0.1, -0.05) is 18.2 Å². The maximum atomic E-state index is 12.1. The van der Waals surface area contributed by atoms with Crippen LogP contribution in [0.5, 0.6) is 5.75 Å². The zero-order valence-corrected chi connectivity index (χ0v) is 12.1. The molecule has 0 radical (unpaired) electrons. The Balaban J connectivity index is 1.78. The highest BCUT2D eigenvalue weighted by Crippen LogP contribution is 2.19. The first-order valence-electron chi connectivity index (χ1n) is 6.93. The topological polar surface area (TPSA) is 55.0 Å². The zero-order chi connectivity index (χ0) is 15.5. The number of hydrogen-bond donors (Lipinski definition) is 0. The maximum Gasteiger partial charge on any atom is 0.331 e. The highest BCUT2D eigenvalue weighted by Gasteiger charge is 2.11. The van der Waals surface area contributed by atoms with E-state index < -0.39 is 0 Å². The third-order valence-electron chi connectivity index (χ3n) is 3.52. The summed E-state index contributed by atoms with van der Waals surface area (Å²) in [5, 5.41) is 9.85. The van der Waals surface area contributed by atoms with Crippen molar-refractivity contribution in [3.05, 3.63) is 65.9 Å². The summed E-state index contributed by atoms with van der Waals surface area (Å²) in [6.45, 7) is 2.12. The number of nitrogens with zero attached hydrogens (tertiary/aromatic N) is 2. The molecule has 0 aliphatic heterocycles. The number of aryl methyl sites for hydroxylation is 1. The molecule has 0 aliphatic carbocycles. The zero-order valence-electron chi connectivity index (χ0n) is 12.1. The van der Waals surface area contributed by atoms with Gasteiger partial charge in [-0.05, 0) is 48.7 Å². The molecule has 1 heterocycles. The normalized spacial score (nSPS) is 10.4. The van der Waals surface area contributed by atoms with E-state index in [1.807, 2.05) is 47.9 Å². The SMILES string of the molecule is Cc1cc2ccccc2n1CC(=O)Oc1ccc(C#N)cc1. The Morgan fingerprint density at radius 3 is 2.64 bits per heavy atom. The molecule has 22 heavy (non-hydrogen) atoms. The molecule has 0 saturated heterocycles. The molecule has 4 heteroatoms. The van der Waals surface area contributed by atoms with Crippen LogP contribution in [0.2, 0.25) is 0 Å². The molecule has 0 spiro atoms. The van der Waals surface area contributed by atoms with E-state index in [0.29, 0.717) is 11.3 Å². The Kier molecular flexibility index (Phi) is 3.63. The lowest BCUT2D eigenvalue weighted by atomic mass is 10.2. The Morgan fingerprint density at radius 2 is 1.91 bits per heavy atom. The fourth-order valence-corrected chi connectivity index (χ4v) is 2.45. The number of benzene rings is 2. The van der Waals surface area contributed by atoms with Crippen molar-refractivity contribution in [1.29, 1.82) is 5.26 Å². The van der Waals surface area contributed by atoms with Crippen molar-refractivity contribution < 1.29 is 9.53 Å². The Bertz CT molecular complexity index is 870. The second-order valence-corrected chi connectivity index (χ2v) is 5.04. The highest BCUT2D eigenvalue weighted by molar-refractivity contribution is 5.83. The lowest BCUT2D eigenvalue weighted by Crippen LogP contribution is -2.16. The molecule has 3 rings (SSSR count). The van der Waals surface area contributed by atoms with Crippen LogP contribution in [0.4, 0.5) is 0 Å². The molecule has 108 valence electrons. The van der Waals surface area contributed by atoms with Gasteiger partial charge in [0, 0.05) is 11.2 Å². The van der Waals surface area contributed by atoms with E-state index in [2.05, 4.69) is 0 Å². The van der Waals surface area contributed by atoms with E-state index in [1.165, 1.54) is 0 Å². The maximum absolute atomic E-state index is 12.1. The van der Waals surface area contributed by atoms with Gasteiger partial charge in [0.2, 0.25) is 0 Å². The average molecular weight is 290 g/mol. The van der Waals surface area contributed by atoms with Crippen molar-refractivity contribution in [2.45, 2.75) is 13.5 Å². The van der Waals surface area contributed by atoms with Crippen molar-refractivity contribution in [1.82, 2.24) is 4.57 Å². The number of carbonyl (C=O) groups is 1. The predicted molar refractivity (Wildman–Crippen MR) is 83.5 cm³/mol. The highest BCUT2D eigenvalue weighted by atomic mass is 16.5. The van der Waals surface area contributed by atoms with Crippen molar-refractivity contribution >= 4 is 16.9 Å². The first kappa shape index (κ1) is 13.9. The van der Waals surface area contributed by atoms with Gasteiger partial charge < -0.3 is 9.30 Å². The summed E-state index contributed by atoms with van der Waals surface area (Å²) in [4.78, 5) is 12.1. The quantitative estimate of drug-likeness (QED) is 0.548. The number of aromatic nitrogens is 1. The fourth-order valence-electron chi connectivity index (χ4n) is 2.45. The number of esters is 1. The minimum atomic E-state index is -0.339. The van der Waals surface area contributed by atoms with Crippen molar-refractivity contribution in [2.24, 2.45) is 0 Å². The van der Waals surface area contributed by atoms with Gasteiger partial charge in [0.05, 0.1) is 11.6 Å². The molecular formula is C18H14N2O2. The Hall–Kier alpha value is -3.06. The van der Waals surface area contributed by atoms with E-state index in [9.17, 15) is 4.79 Å². The standard InChI is InChI=1S/C18H14N2O2/c1-13-10-15-4-2-3-5-17(15)20(13)12-18(21)22-16-8-6-14(11-19)7-9-16/h2-10H,12H2,1H3. The van der Waals surface area contributed by atoms with E-state index in [1.54, 1.807) is 24.3 Å². The molecule has 0 N–H and O–H groups in total. The van der Waals surface area contributed by atoms with Crippen LogP contribution >= 0.6 is 0 Å². The number of ether oxygens (including phenoxy) is 1. The number of rotatable bonds is 3. The van der Waals surface area contributed by atoms with E-state index in [4.69, 9.17) is 10.00 Å². The van der Waals surface area contributed by atoms with Crippen molar-refractivity contribution in [2.75, 3.05) is 0 Å². The molecular weight excluding hydrogens is 276 g/mol. The molecule has 0 atom stereocenters. The summed E-state index contributed by atoms with van der Waals surface area (Å²) in [6, 6.07) is 18.5. The van der Waals surface area contributed by atoms with Crippen LogP contribution in [0, 0.1) is 18.3 Å². The number of nitriles is 1. The van der Waals surface area contributed by atoms with Crippen LogP contribution in [0.15, 0.2) is 54.6 Å². The molecule has 0 fully saturated rings. The largest absolute Gasteiger partial charge is 0.425 e. The molecule has 4 nitrogen and oxygen atoms in total. The lowest BCUT2D eigenvalue weighted by Gasteiger charge is -2.08. The first-order valence-corrected chi connectivity index (χ1v) is 6.93. The third kappa shape index (κ3) is 2.70. The van der Waals surface area contributed by atoms with Gasteiger partial charge in [-0.15, -0.1) is 0 Å². The smallest absolute Gasteiger partial charge is 0.331 e. The third-order valence-corrected chi connectivity index (χ3v) is 3.52. The second kappa shape index (κ2) is 5.74. The summed E-state index contributed by atoms with van der Waals surface area (Å²) in [6.07, 6.45) is 0. The van der Waals surface area contributed by atoms with Crippen LogP contribution < -0.4 is 4.74 Å². The summed E-state index contributed by atoms with van der Waals surface area (Å²) in [5.74, 6) is 0.104. The Labute approximate surface area is 128 Å². The number of fused-ring (bicyclic) bond motifs is 1.